The van der Waals surface area contributed by atoms with E-state index in [4.69, 9.17) is 0 Å². The van der Waals surface area contributed by atoms with Gasteiger partial charge < -0.3 is 0 Å². The van der Waals surface area contributed by atoms with Crippen LogP contribution in [0.4, 0.5) is 0 Å². The molecule has 2 nitrogen and oxygen atoms in total. The third-order valence-corrected chi connectivity index (χ3v) is 8.08. The Balaban J connectivity index is 2.72. The van der Waals surface area contributed by atoms with E-state index in [1.807, 2.05) is 0 Å². The molecular weight excluding hydrogens is 323 g/mol. The number of hydrogen-bond acceptors (Lipinski definition) is 2. The van der Waals surface area contributed by atoms with Crippen LogP contribution in [-0.2, 0) is 0 Å². The average Bonchev–Trinajstić information content (AvgIpc) is 2.52. The van der Waals surface area contributed by atoms with Crippen LogP contribution in [0.15, 0.2) is 42.5 Å². The molecule has 25 heavy (non-hydrogen) atoms. The van der Waals surface area contributed by atoms with Gasteiger partial charge in [-0.05, 0) is 66.2 Å². The second kappa shape index (κ2) is 8.62. The summed E-state index contributed by atoms with van der Waals surface area (Å²) in [6.07, 6.45) is 0. The van der Waals surface area contributed by atoms with Crippen LogP contribution in [0.1, 0.15) is 55.4 Å². The van der Waals surface area contributed by atoms with Crippen LogP contribution in [0.3, 0.4) is 0 Å². The Hall–Kier alpha value is -0.950. The second-order valence-electron chi connectivity index (χ2n) is 7.92. The minimum Gasteiger partial charge on any atom is -0.261 e. The molecule has 0 bridgehead atoms. The van der Waals surface area contributed by atoms with Gasteiger partial charge >= 0.3 is 0 Å². The summed E-state index contributed by atoms with van der Waals surface area (Å²) >= 11 is 0. The minimum atomic E-state index is -0.574. The maximum atomic E-state index is 2.72. The molecule has 0 unspecified atom stereocenters. The predicted molar refractivity (Wildman–Crippen MR) is 115 cm³/mol. The largest absolute Gasteiger partial charge is 0.261 e. The number of rotatable bonds is 7. The van der Waals surface area contributed by atoms with E-state index in [9.17, 15) is 0 Å². The molecule has 0 spiro atoms. The Bertz CT molecular complexity index is 637. The van der Waals surface area contributed by atoms with Gasteiger partial charge in [0.1, 0.15) is 0 Å². The molecule has 0 radical (unpaired) electrons. The molecule has 0 aliphatic carbocycles. The molecule has 2 rings (SSSR count). The quantitative estimate of drug-likeness (QED) is 0.559. The maximum absolute atomic E-state index is 2.72. The van der Waals surface area contributed by atoms with Gasteiger partial charge in [0.2, 0.25) is 0 Å². The van der Waals surface area contributed by atoms with Crippen LogP contribution < -0.4 is 5.30 Å². The molecule has 0 saturated carbocycles. The fourth-order valence-electron chi connectivity index (χ4n) is 3.82. The van der Waals surface area contributed by atoms with E-state index < -0.39 is 8.22 Å². The first-order chi connectivity index (χ1) is 11.8. The van der Waals surface area contributed by atoms with Gasteiger partial charge in [0.05, 0.1) is 8.22 Å². The van der Waals surface area contributed by atoms with Crippen molar-refractivity contribution in [3.05, 3.63) is 42.5 Å². The Kier molecular flexibility index (Phi) is 7.02. The molecule has 0 heterocycles. The summed E-state index contributed by atoms with van der Waals surface area (Å²) in [4.78, 5) is 0. The van der Waals surface area contributed by atoms with Crippen molar-refractivity contribution in [2.75, 3.05) is 0 Å². The molecule has 0 aliphatic rings. The third-order valence-electron chi connectivity index (χ3n) is 4.54. The van der Waals surface area contributed by atoms with E-state index in [-0.39, 0.29) is 0 Å². The van der Waals surface area contributed by atoms with Crippen LogP contribution in [0.25, 0.3) is 10.8 Å². The van der Waals surface area contributed by atoms with E-state index in [2.05, 4.69) is 107 Å². The molecule has 0 fully saturated rings. The van der Waals surface area contributed by atoms with Gasteiger partial charge in [0.15, 0.2) is 0 Å². The van der Waals surface area contributed by atoms with Crippen molar-refractivity contribution in [3.8, 4) is 0 Å². The Morgan fingerprint density at radius 1 is 0.600 bits per heavy atom. The summed E-state index contributed by atoms with van der Waals surface area (Å²) in [5.41, 5.74) is 0. The second-order valence-corrected chi connectivity index (χ2v) is 9.91. The third kappa shape index (κ3) is 4.42. The fraction of sp³-hybridized carbons (Fsp3) is 0.545. The lowest BCUT2D eigenvalue weighted by Gasteiger charge is -2.47. The van der Waals surface area contributed by atoms with Crippen LogP contribution >= 0.6 is 8.22 Å². The van der Waals surface area contributed by atoms with Crippen molar-refractivity contribution < 1.29 is 0 Å². The summed E-state index contributed by atoms with van der Waals surface area (Å²) in [5, 5.41) is 4.22. The zero-order chi connectivity index (χ0) is 18.7. The minimum absolute atomic E-state index is 0.505. The molecule has 0 aliphatic heterocycles. The molecule has 138 valence electrons. The van der Waals surface area contributed by atoms with Gasteiger partial charge in [-0.25, -0.2) is 0 Å². The predicted octanol–water partition coefficient (Wildman–Crippen LogP) is 6.01. The monoisotopic (exact) mass is 358 g/mol. The molecule has 0 atom stereocenters. The van der Waals surface area contributed by atoms with Gasteiger partial charge in [-0.3, -0.25) is 9.34 Å². The van der Waals surface area contributed by atoms with Crippen molar-refractivity contribution in [2.24, 2.45) is 0 Å². The highest BCUT2D eigenvalue weighted by atomic mass is 31.1. The lowest BCUT2D eigenvalue weighted by atomic mass is 10.1. The van der Waals surface area contributed by atoms with Gasteiger partial charge in [0, 0.05) is 29.5 Å². The van der Waals surface area contributed by atoms with Gasteiger partial charge in [-0.2, -0.15) is 0 Å². The summed E-state index contributed by atoms with van der Waals surface area (Å²) < 4.78 is 5.44. The molecule has 0 N–H and O–H groups in total. The Morgan fingerprint density at radius 2 is 1.04 bits per heavy atom. The highest BCUT2D eigenvalue weighted by Gasteiger charge is 2.34. The lowest BCUT2D eigenvalue weighted by molar-refractivity contribution is 0.261. The topological polar surface area (TPSA) is 6.48 Å². The maximum Gasteiger partial charge on any atom is 0.0740 e. The van der Waals surface area contributed by atoms with Gasteiger partial charge in [-0.15, -0.1) is 0 Å². The Morgan fingerprint density at radius 3 is 1.52 bits per heavy atom. The number of fused-ring (bicyclic) bond motifs is 1. The van der Waals surface area contributed by atoms with Gasteiger partial charge in [0.25, 0.3) is 0 Å². The molecule has 2 aromatic carbocycles. The van der Waals surface area contributed by atoms with E-state index in [0.717, 1.165) is 0 Å². The number of nitrogens with zero attached hydrogens (tertiary/aromatic N) is 2. The standard InChI is InChI=1S/C22H35N2P/c1-16(2)23(17(3)4)25(24(18(5)6)19(7)8)22-15-11-13-20-12-9-10-14-21(20)22/h9-19H,1-8H3. The SMILES string of the molecule is CC(C)N(C(C)C)P(c1cccc2ccccc12)N(C(C)C)C(C)C. The van der Waals surface area contributed by atoms with E-state index in [1.54, 1.807) is 0 Å². The first kappa shape index (κ1) is 20.4. The van der Waals surface area contributed by atoms with Crippen LogP contribution in [0.2, 0.25) is 0 Å². The zero-order valence-corrected chi connectivity index (χ0v) is 18.1. The zero-order valence-electron chi connectivity index (χ0n) is 17.2. The molecule has 2 aromatic rings. The van der Waals surface area contributed by atoms with E-state index in [0.29, 0.717) is 24.2 Å². The van der Waals surface area contributed by atoms with Crippen molar-refractivity contribution >= 4 is 24.3 Å². The first-order valence-electron chi connectivity index (χ1n) is 9.60. The number of hydrogen-bond donors (Lipinski definition) is 0. The van der Waals surface area contributed by atoms with Crippen LogP contribution in [0, 0.1) is 0 Å². The summed E-state index contributed by atoms with van der Waals surface area (Å²) in [6.45, 7) is 18.7. The van der Waals surface area contributed by atoms with E-state index in [1.165, 1.54) is 16.1 Å². The average molecular weight is 359 g/mol. The van der Waals surface area contributed by atoms with Crippen LogP contribution in [0.5, 0.6) is 0 Å². The summed E-state index contributed by atoms with van der Waals surface area (Å²) in [5.74, 6) is 0. The molecule has 0 amide bonds. The fourth-order valence-corrected chi connectivity index (χ4v) is 6.94. The summed E-state index contributed by atoms with van der Waals surface area (Å²) in [7, 11) is -0.574. The van der Waals surface area contributed by atoms with Crippen molar-refractivity contribution in [2.45, 2.75) is 79.6 Å². The first-order valence-corrected chi connectivity index (χ1v) is 10.8. The molecule has 3 heteroatoms. The summed E-state index contributed by atoms with van der Waals surface area (Å²) in [6, 6.07) is 17.7. The molecule has 0 saturated heterocycles. The van der Waals surface area contributed by atoms with E-state index >= 15 is 0 Å². The molecule has 0 aromatic heterocycles. The van der Waals surface area contributed by atoms with Gasteiger partial charge in [-0.1, -0.05) is 42.5 Å². The number of benzene rings is 2. The lowest BCUT2D eigenvalue weighted by Crippen LogP contribution is -2.45. The normalized spacial score (nSPS) is 12.9. The highest BCUT2D eigenvalue weighted by molar-refractivity contribution is 7.61. The highest BCUT2D eigenvalue weighted by Crippen LogP contribution is 2.50. The van der Waals surface area contributed by atoms with Crippen LogP contribution in [-0.4, -0.2) is 33.5 Å². The van der Waals surface area contributed by atoms with Crippen molar-refractivity contribution in [3.63, 3.8) is 0 Å². The Labute approximate surface area is 156 Å². The van der Waals surface area contributed by atoms with Crippen molar-refractivity contribution in [1.29, 1.82) is 0 Å². The molecular formula is C22H35N2P. The smallest absolute Gasteiger partial charge is 0.0740 e. The van der Waals surface area contributed by atoms with Crippen molar-refractivity contribution in [1.82, 2.24) is 9.34 Å².